The van der Waals surface area contributed by atoms with Crippen molar-refractivity contribution in [3.63, 3.8) is 0 Å². The first-order chi connectivity index (χ1) is 8.84. The van der Waals surface area contributed by atoms with Gasteiger partial charge in [0.25, 0.3) is 0 Å². The van der Waals surface area contributed by atoms with Crippen LogP contribution in [0.1, 0.15) is 44.9 Å². The molecule has 1 unspecified atom stereocenters. The summed E-state index contributed by atoms with van der Waals surface area (Å²) in [6.45, 7) is 8.70. The Kier molecular flexibility index (Phi) is 5.98. The van der Waals surface area contributed by atoms with E-state index in [2.05, 4.69) is 31.3 Å². The van der Waals surface area contributed by atoms with Crippen LogP contribution in [0.3, 0.4) is 0 Å². The molecule has 1 aromatic carbocycles. The van der Waals surface area contributed by atoms with Gasteiger partial charge in [0.1, 0.15) is 0 Å². The summed E-state index contributed by atoms with van der Waals surface area (Å²) in [7, 11) is 0. The molecule has 1 atom stereocenters. The summed E-state index contributed by atoms with van der Waals surface area (Å²) < 4.78 is 0. The third kappa shape index (κ3) is 5.72. The van der Waals surface area contributed by atoms with Crippen LogP contribution < -0.4 is 5.32 Å². The molecule has 0 fully saturated rings. The van der Waals surface area contributed by atoms with Crippen molar-refractivity contribution in [3.8, 4) is 0 Å². The van der Waals surface area contributed by atoms with Crippen LogP contribution in [-0.4, -0.2) is 28.9 Å². The van der Waals surface area contributed by atoms with Crippen molar-refractivity contribution < 1.29 is 10.2 Å². The van der Waals surface area contributed by atoms with E-state index in [1.54, 1.807) is 0 Å². The van der Waals surface area contributed by atoms with E-state index in [9.17, 15) is 5.11 Å². The van der Waals surface area contributed by atoms with Gasteiger partial charge < -0.3 is 15.5 Å². The summed E-state index contributed by atoms with van der Waals surface area (Å²) in [4.78, 5) is 0. The zero-order valence-corrected chi connectivity index (χ0v) is 12.5. The van der Waals surface area contributed by atoms with Crippen molar-refractivity contribution in [2.75, 3.05) is 13.2 Å². The summed E-state index contributed by atoms with van der Waals surface area (Å²) >= 11 is 0. The lowest BCUT2D eigenvalue weighted by Crippen LogP contribution is -2.44. The lowest BCUT2D eigenvalue weighted by Gasteiger charge is -2.25. The second kappa shape index (κ2) is 7.04. The molecule has 0 heterocycles. The summed E-state index contributed by atoms with van der Waals surface area (Å²) in [6.07, 6.45) is 0.519. The zero-order valence-electron chi connectivity index (χ0n) is 12.5. The Bertz CT molecular complexity index is 371. The smallest absolute Gasteiger partial charge is 0.0914 e. The lowest BCUT2D eigenvalue weighted by atomic mass is 10.00. The molecule has 0 saturated carbocycles. The minimum Gasteiger partial charge on any atom is -0.394 e. The molecule has 3 heteroatoms. The highest BCUT2D eigenvalue weighted by molar-refractivity contribution is 5.24. The van der Waals surface area contributed by atoms with Gasteiger partial charge in [-0.05, 0) is 37.3 Å². The molecule has 108 valence electrons. The van der Waals surface area contributed by atoms with E-state index in [-0.39, 0.29) is 12.1 Å². The Labute approximate surface area is 116 Å². The molecule has 0 aromatic heterocycles. The molecule has 3 nitrogen and oxygen atoms in total. The van der Waals surface area contributed by atoms with Crippen molar-refractivity contribution in [1.82, 2.24) is 5.32 Å². The molecular formula is C16H27NO2. The number of hydrogen-bond donors (Lipinski definition) is 3. The second-order valence-corrected chi connectivity index (χ2v) is 6.28. The number of hydrogen-bond acceptors (Lipinski definition) is 3. The number of rotatable bonds is 7. The minimum absolute atomic E-state index is 0.0487. The number of β-amino-alcohol motifs (C(OH)–C–C–N with tert-alkyl or cyclic N) is 1. The lowest BCUT2D eigenvalue weighted by molar-refractivity contribution is 0.136. The first-order valence-electron chi connectivity index (χ1n) is 6.97. The van der Waals surface area contributed by atoms with Gasteiger partial charge in [0.05, 0.1) is 12.7 Å². The second-order valence-electron chi connectivity index (χ2n) is 6.28. The highest BCUT2D eigenvalue weighted by Crippen LogP contribution is 2.16. The van der Waals surface area contributed by atoms with Gasteiger partial charge in [0.15, 0.2) is 0 Å². The topological polar surface area (TPSA) is 52.5 Å². The number of nitrogens with one attached hydrogen (secondary N) is 1. The molecule has 0 radical (unpaired) electrons. The highest BCUT2D eigenvalue weighted by atomic mass is 16.3. The summed E-state index contributed by atoms with van der Waals surface area (Å²) in [6, 6.07) is 8.12. The normalized spacial score (nSPS) is 13.8. The fourth-order valence-electron chi connectivity index (χ4n) is 1.89. The summed E-state index contributed by atoms with van der Waals surface area (Å²) in [5.74, 6) is 0.641. The molecule has 0 aliphatic carbocycles. The van der Waals surface area contributed by atoms with E-state index in [0.29, 0.717) is 12.5 Å². The van der Waals surface area contributed by atoms with Gasteiger partial charge in [0, 0.05) is 12.1 Å². The third-order valence-corrected chi connectivity index (χ3v) is 3.18. The molecule has 3 N–H and O–H groups in total. The minimum atomic E-state index is -0.543. The maximum Gasteiger partial charge on any atom is 0.0914 e. The Balaban J connectivity index is 2.55. The van der Waals surface area contributed by atoms with Crippen molar-refractivity contribution in [2.45, 2.75) is 45.8 Å². The number of aliphatic hydroxyl groups is 2. The molecule has 1 rings (SSSR count). The first-order valence-corrected chi connectivity index (χ1v) is 6.97. The Hall–Kier alpha value is -0.900. The van der Waals surface area contributed by atoms with Crippen LogP contribution in [-0.2, 0) is 6.42 Å². The quantitative estimate of drug-likeness (QED) is 0.709. The molecule has 0 aliphatic heterocycles. The van der Waals surface area contributed by atoms with Gasteiger partial charge in [-0.1, -0.05) is 38.1 Å². The van der Waals surface area contributed by atoms with Crippen LogP contribution in [0.2, 0.25) is 0 Å². The highest BCUT2D eigenvalue weighted by Gasteiger charge is 2.17. The van der Waals surface area contributed by atoms with E-state index < -0.39 is 6.10 Å². The molecule has 0 bridgehead atoms. The molecule has 1 aromatic rings. The van der Waals surface area contributed by atoms with E-state index >= 15 is 0 Å². The third-order valence-electron chi connectivity index (χ3n) is 3.18. The van der Waals surface area contributed by atoms with Crippen molar-refractivity contribution in [3.05, 3.63) is 35.4 Å². The van der Waals surface area contributed by atoms with Gasteiger partial charge >= 0.3 is 0 Å². The molecular weight excluding hydrogens is 238 g/mol. The zero-order chi connectivity index (χ0) is 14.5. The van der Waals surface area contributed by atoms with Crippen molar-refractivity contribution in [1.29, 1.82) is 0 Å². The summed E-state index contributed by atoms with van der Waals surface area (Å²) in [5, 5.41) is 22.4. The maximum absolute atomic E-state index is 10.1. The molecule has 0 saturated heterocycles. The molecule has 0 aliphatic rings. The van der Waals surface area contributed by atoms with Crippen molar-refractivity contribution in [2.24, 2.45) is 5.92 Å². The van der Waals surface area contributed by atoms with Crippen molar-refractivity contribution >= 4 is 0 Å². The molecule has 0 amide bonds. The average Bonchev–Trinajstić information content (AvgIpc) is 2.36. The Morgan fingerprint density at radius 1 is 1.16 bits per heavy atom. The van der Waals surface area contributed by atoms with Gasteiger partial charge in [0.2, 0.25) is 0 Å². The largest absolute Gasteiger partial charge is 0.394 e. The van der Waals surface area contributed by atoms with Crippen LogP contribution in [0.25, 0.3) is 0 Å². The van der Waals surface area contributed by atoms with Crippen LogP contribution in [0, 0.1) is 5.92 Å². The Morgan fingerprint density at radius 3 is 2.21 bits per heavy atom. The van der Waals surface area contributed by atoms with Gasteiger partial charge in [-0.15, -0.1) is 0 Å². The van der Waals surface area contributed by atoms with Gasteiger partial charge in [-0.3, -0.25) is 0 Å². The Morgan fingerprint density at radius 2 is 1.74 bits per heavy atom. The SMILES string of the molecule is CC(C)Cc1ccc(C(O)CNC(C)(C)CO)cc1. The van der Waals surface area contributed by atoms with Gasteiger partial charge in [-0.2, -0.15) is 0 Å². The van der Waals surface area contributed by atoms with Crippen LogP contribution in [0.4, 0.5) is 0 Å². The van der Waals surface area contributed by atoms with E-state index in [1.165, 1.54) is 5.56 Å². The standard InChI is InChI=1S/C16H27NO2/c1-12(2)9-13-5-7-14(8-6-13)15(19)10-17-16(3,4)11-18/h5-8,12,15,17-19H,9-11H2,1-4H3. The van der Waals surface area contributed by atoms with E-state index in [1.807, 2.05) is 26.0 Å². The predicted molar refractivity (Wildman–Crippen MR) is 79.1 cm³/mol. The fraction of sp³-hybridized carbons (Fsp3) is 0.625. The predicted octanol–water partition coefficient (Wildman–Crippen LogP) is 2.28. The molecule has 19 heavy (non-hydrogen) atoms. The fourth-order valence-corrected chi connectivity index (χ4v) is 1.89. The number of benzene rings is 1. The van der Waals surface area contributed by atoms with Crippen LogP contribution >= 0.6 is 0 Å². The number of aliphatic hydroxyl groups excluding tert-OH is 2. The summed E-state index contributed by atoms with van der Waals surface area (Å²) in [5.41, 5.74) is 1.85. The monoisotopic (exact) mass is 265 g/mol. The van der Waals surface area contributed by atoms with Crippen LogP contribution in [0.5, 0.6) is 0 Å². The van der Waals surface area contributed by atoms with Crippen LogP contribution in [0.15, 0.2) is 24.3 Å². The first kappa shape index (κ1) is 16.2. The van der Waals surface area contributed by atoms with E-state index in [0.717, 1.165) is 12.0 Å². The maximum atomic E-state index is 10.1. The van der Waals surface area contributed by atoms with E-state index in [4.69, 9.17) is 5.11 Å². The molecule has 0 spiro atoms. The van der Waals surface area contributed by atoms with Gasteiger partial charge in [-0.25, -0.2) is 0 Å². The average molecular weight is 265 g/mol.